The Labute approximate surface area is 112 Å². The highest BCUT2D eigenvalue weighted by molar-refractivity contribution is 6.07. The predicted octanol–water partition coefficient (Wildman–Crippen LogP) is 3.35. The molecule has 0 fully saturated rings. The molecule has 0 aromatic heterocycles. The zero-order chi connectivity index (χ0) is 13.5. The molecule has 96 valence electrons. The van der Waals surface area contributed by atoms with Crippen LogP contribution in [0.1, 0.15) is 5.56 Å². The minimum absolute atomic E-state index is 0.600. The van der Waals surface area contributed by atoms with Gasteiger partial charge in [-0.2, -0.15) is 0 Å². The minimum atomic E-state index is 0.600. The second-order valence-corrected chi connectivity index (χ2v) is 3.96. The van der Waals surface area contributed by atoms with Gasteiger partial charge in [0.25, 0.3) is 0 Å². The van der Waals surface area contributed by atoms with E-state index in [4.69, 9.17) is 4.74 Å². The molecule has 0 bridgehead atoms. The Kier molecular flexibility index (Phi) is 4.34. The van der Waals surface area contributed by atoms with Crippen LogP contribution in [-0.2, 0) is 4.79 Å². The number of ether oxygens (including phenoxy) is 1. The Morgan fingerprint density at radius 2 is 1.89 bits per heavy atom. The molecule has 0 aliphatic carbocycles. The molecule has 0 amide bonds. The summed E-state index contributed by atoms with van der Waals surface area (Å²) in [6.45, 7) is 0. The summed E-state index contributed by atoms with van der Waals surface area (Å²) in [6, 6.07) is 17.0. The van der Waals surface area contributed by atoms with E-state index < -0.39 is 0 Å². The summed E-state index contributed by atoms with van der Waals surface area (Å²) in [5, 5.41) is 3.10. The van der Waals surface area contributed by atoms with Crippen molar-refractivity contribution in [2.45, 2.75) is 0 Å². The second kappa shape index (κ2) is 6.40. The van der Waals surface area contributed by atoms with Crippen LogP contribution in [0.15, 0.2) is 60.8 Å². The third-order valence-electron chi connectivity index (χ3n) is 2.70. The molecule has 3 heteroatoms. The monoisotopic (exact) mass is 253 g/mol. The topological polar surface area (TPSA) is 38.3 Å². The first-order valence-electron chi connectivity index (χ1n) is 5.95. The maximum Gasteiger partial charge on any atom is 0.152 e. The Hall–Kier alpha value is -2.55. The summed E-state index contributed by atoms with van der Waals surface area (Å²) >= 11 is 0. The number of anilines is 1. The number of allylic oxidation sites excluding steroid dienone is 1. The maximum absolute atomic E-state index is 11.1. The van der Waals surface area contributed by atoms with Gasteiger partial charge in [0.15, 0.2) is 6.29 Å². The van der Waals surface area contributed by atoms with Crippen molar-refractivity contribution in [1.82, 2.24) is 0 Å². The molecule has 0 saturated carbocycles. The van der Waals surface area contributed by atoms with Crippen molar-refractivity contribution in [3.8, 4) is 5.75 Å². The number of aldehydes is 1. The van der Waals surface area contributed by atoms with E-state index in [2.05, 4.69) is 5.32 Å². The van der Waals surface area contributed by atoms with E-state index in [9.17, 15) is 4.79 Å². The van der Waals surface area contributed by atoms with Crippen molar-refractivity contribution in [1.29, 1.82) is 0 Å². The molecule has 0 aliphatic rings. The van der Waals surface area contributed by atoms with Gasteiger partial charge in [0.1, 0.15) is 5.75 Å². The number of methoxy groups -OCH3 is 1. The highest BCUT2D eigenvalue weighted by Crippen LogP contribution is 2.18. The zero-order valence-electron chi connectivity index (χ0n) is 10.7. The Bertz CT molecular complexity index is 576. The van der Waals surface area contributed by atoms with Crippen LogP contribution in [0.4, 0.5) is 5.69 Å². The molecule has 0 atom stereocenters. The number of hydrogen-bond acceptors (Lipinski definition) is 3. The van der Waals surface area contributed by atoms with Crippen LogP contribution in [0.2, 0.25) is 0 Å². The first-order chi connectivity index (χ1) is 9.33. The van der Waals surface area contributed by atoms with Crippen molar-refractivity contribution < 1.29 is 9.53 Å². The van der Waals surface area contributed by atoms with Gasteiger partial charge in [-0.15, -0.1) is 0 Å². The van der Waals surface area contributed by atoms with E-state index in [1.54, 1.807) is 13.3 Å². The second-order valence-electron chi connectivity index (χ2n) is 3.96. The fourth-order valence-corrected chi connectivity index (χ4v) is 1.69. The molecule has 2 aromatic carbocycles. The van der Waals surface area contributed by atoms with Crippen molar-refractivity contribution >= 4 is 17.5 Å². The molecule has 19 heavy (non-hydrogen) atoms. The average Bonchev–Trinajstić information content (AvgIpc) is 2.49. The molecular formula is C16H15NO2. The van der Waals surface area contributed by atoms with E-state index in [0.717, 1.165) is 23.3 Å². The summed E-state index contributed by atoms with van der Waals surface area (Å²) in [7, 11) is 1.62. The van der Waals surface area contributed by atoms with Crippen LogP contribution < -0.4 is 10.1 Å². The molecule has 1 N–H and O–H groups in total. The number of nitrogens with one attached hydrogen (secondary N) is 1. The number of rotatable bonds is 5. The van der Waals surface area contributed by atoms with Crippen LogP contribution in [-0.4, -0.2) is 13.4 Å². The molecule has 3 nitrogen and oxygen atoms in total. The predicted molar refractivity (Wildman–Crippen MR) is 77.1 cm³/mol. The van der Waals surface area contributed by atoms with Crippen LogP contribution in [0.5, 0.6) is 5.75 Å². The van der Waals surface area contributed by atoms with Crippen molar-refractivity contribution in [3.63, 3.8) is 0 Å². The third-order valence-corrected chi connectivity index (χ3v) is 2.70. The fraction of sp³-hybridized carbons (Fsp3) is 0.0625. The summed E-state index contributed by atoms with van der Waals surface area (Å²) in [5.41, 5.74) is 2.35. The maximum atomic E-state index is 11.1. The smallest absolute Gasteiger partial charge is 0.152 e. The van der Waals surface area contributed by atoms with E-state index in [1.165, 1.54) is 0 Å². The van der Waals surface area contributed by atoms with Gasteiger partial charge >= 0.3 is 0 Å². The van der Waals surface area contributed by atoms with E-state index in [-0.39, 0.29) is 0 Å². The fourth-order valence-electron chi connectivity index (χ4n) is 1.69. The van der Waals surface area contributed by atoms with E-state index in [0.29, 0.717) is 5.57 Å². The zero-order valence-corrected chi connectivity index (χ0v) is 10.7. The van der Waals surface area contributed by atoms with Crippen LogP contribution in [0, 0.1) is 0 Å². The van der Waals surface area contributed by atoms with Crippen molar-refractivity contribution in [3.05, 3.63) is 66.4 Å². The summed E-state index contributed by atoms with van der Waals surface area (Å²) < 4.78 is 5.14. The summed E-state index contributed by atoms with van der Waals surface area (Å²) in [6.07, 6.45) is 2.53. The SMILES string of the molecule is COc1cccc(NC=C(C=O)c2ccccc2)c1. The van der Waals surface area contributed by atoms with Gasteiger partial charge < -0.3 is 10.1 Å². The largest absolute Gasteiger partial charge is 0.497 e. The summed E-state index contributed by atoms with van der Waals surface area (Å²) in [4.78, 5) is 11.1. The molecule has 2 aromatic rings. The molecular weight excluding hydrogens is 238 g/mol. The van der Waals surface area contributed by atoms with E-state index >= 15 is 0 Å². The Morgan fingerprint density at radius 3 is 2.58 bits per heavy atom. The lowest BCUT2D eigenvalue weighted by molar-refractivity contribution is -0.103. The third kappa shape index (κ3) is 3.45. The first kappa shape index (κ1) is 12.9. The van der Waals surface area contributed by atoms with Gasteiger partial charge in [-0.3, -0.25) is 4.79 Å². The molecule has 2 rings (SSSR count). The lowest BCUT2D eigenvalue weighted by Gasteiger charge is -2.05. The minimum Gasteiger partial charge on any atom is -0.497 e. The van der Waals surface area contributed by atoms with Crippen LogP contribution in [0.3, 0.4) is 0 Å². The quantitative estimate of drug-likeness (QED) is 0.656. The van der Waals surface area contributed by atoms with Crippen molar-refractivity contribution in [2.75, 3.05) is 12.4 Å². The molecule has 0 unspecified atom stereocenters. The average molecular weight is 253 g/mol. The van der Waals surface area contributed by atoms with Gasteiger partial charge in [-0.25, -0.2) is 0 Å². The molecule has 0 saturated heterocycles. The number of benzene rings is 2. The van der Waals surface area contributed by atoms with Crippen molar-refractivity contribution in [2.24, 2.45) is 0 Å². The molecule has 0 aliphatic heterocycles. The number of carbonyl (C=O) groups is 1. The standard InChI is InChI=1S/C16H15NO2/c1-19-16-9-5-8-15(10-16)17-11-14(12-18)13-6-3-2-4-7-13/h2-12,17H,1H3. The van der Waals surface area contributed by atoms with Crippen LogP contribution in [0.25, 0.3) is 5.57 Å². The van der Waals surface area contributed by atoms with Gasteiger partial charge in [-0.05, 0) is 17.7 Å². The van der Waals surface area contributed by atoms with Crippen LogP contribution >= 0.6 is 0 Å². The summed E-state index contributed by atoms with van der Waals surface area (Å²) in [5.74, 6) is 0.769. The number of carbonyl (C=O) groups excluding carboxylic acids is 1. The van der Waals surface area contributed by atoms with E-state index in [1.807, 2.05) is 54.6 Å². The van der Waals surface area contributed by atoms with Gasteiger partial charge in [0, 0.05) is 23.5 Å². The highest BCUT2D eigenvalue weighted by Gasteiger charge is 1.99. The Morgan fingerprint density at radius 1 is 1.11 bits per heavy atom. The first-order valence-corrected chi connectivity index (χ1v) is 5.95. The van der Waals surface area contributed by atoms with Gasteiger partial charge in [-0.1, -0.05) is 36.4 Å². The van der Waals surface area contributed by atoms with Gasteiger partial charge in [0.2, 0.25) is 0 Å². The normalized spacial score (nSPS) is 10.9. The van der Waals surface area contributed by atoms with Gasteiger partial charge in [0.05, 0.1) is 7.11 Å². The lowest BCUT2D eigenvalue weighted by Crippen LogP contribution is -1.93. The molecule has 0 spiro atoms. The Balaban J connectivity index is 2.18. The molecule has 0 heterocycles. The number of hydrogen-bond donors (Lipinski definition) is 1. The molecule has 0 radical (unpaired) electrons. The lowest BCUT2D eigenvalue weighted by atomic mass is 10.1. The highest BCUT2D eigenvalue weighted by atomic mass is 16.5.